The maximum absolute atomic E-state index is 12.6. The third-order valence-electron chi connectivity index (χ3n) is 4.79. The van der Waals surface area contributed by atoms with E-state index in [1.54, 1.807) is 0 Å². The lowest BCUT2D eigenvalue weighted by Crippen LogP contribution is -2.54. The Labute approximate surface area is 121 Å². The van der Waals surface area contributed by atoms with Gasteiger partial charge in [-0.15, -0.1) is 0 Å². The smallest absolute Gasteiger partial charge is 0.391 e. The van der Waals surface area contributed by atoms with Crippen LogP contribution in [0.5, 0.6) is 0 Å². The van der Waals surface area contributed by atoms with Crippen molar-refractivity contribution in [2.75, 3.05) is 0 Å². The number of alkyl halides is 3. The molecule has 0 atom stereocenters. The molecule has 21 heavy (non-hydrogen) atoms. The Morgan fingerprint density at radius 1 is 1.05 bits per heavy atom. The Morgan fingerprint density at radius 2 is 1.57 bits per heavy atom. The summed E-state index contributed by atoms with van der Waals surface area (Å²) in [5.74, 6) is -3.28. The molecule has 2 fully saturated rings. The highest BCUT2D eigenvalue weighted by molar-refractivity contribution is 5.88. The number of hydrogen-bond donors (Lipinski definition) is 2. The van der Waals surface area contributed by atoms with E-state index in [0.717, 1.165) is 12.8 Å². The first-order valence-corrected chi connectivity index (χ1v) is 7.37. The van der Waals surface area contributed by atoms with E-state index in [0.29, 0.717) is 12.8 Å². The van der Waals surface area contributed by atoms with Gasteiger partial charge in [-0.05, 0) is 38.5 Å². The van der Waals surface area contributed by atoms with E-state index >= 15 is 0 Å². The van der Waals surface area contributed by atoms with Crippen LogP contribution in [0.25, 0.3) is 0 Å². The van der Waals surface area contributed by atoms with Crippen molar-refractivity contribution < 1.29 is 27.9 Å². The summed E-state index contributed by atoms with van der Waals surface area (Å²) in [5.41, 5.74) is -1.21. The highest BCUT2D eigenvalue weighted by Crippen LogP contribution is 2.40. The van der Waals surface area contributed by atoms with Crippen molar-refractivity contribution in [3.8, 4) is 0 Å². The highest BCUT2D eigenvalue weighted by Gasteiger charge is 2.46. The van der Waals surface area contributed by atoms with Crippen LogP contribution in [-0.2, 0) is 9.59 Å². The fraction of sp³-hybridized carbons (Fsp3) is 0.857. The molecule has 2 N–H and O–H groups in total. The summed E-state index contributed by atoms with van der Waals surface area (Å²) in [4.78, 5) is 23.5. The molecule has 1 amide bonds. The largest absolute Gasteiger partial charge is 0.480 e. The number of nitrogens with one attached hydrogen (secondary N) is 1. The Balaban J connectivity index is 1.92. The van der Waals surface area contributed by atoms with E-state index < -0.39 is 35.4 Å². The summed E-state index contributed by atoms with van der Waals surface area (Å²) < 4.78 is 37.8. The maximum atomic E-state index is 12.6. The fourth-order valence-electron chi connectivity index (χ4n) is 3.39. The van der Waals surface area contributed by atoms with Crippen molar-refractivity contribution >= 4 is 11.9 Å². The Kier molecular flexibility index (Phi) is 4.49. The number of carboxylic acids is 1. The van der Waals surface area contributed by atoms with Gasteiger partial charge in [-0.2, -0.15) is 13.2 Å². The summed E-state index contributed by atoms with van der Waals surface area (Å²) in [5, 5.41) is 11.9. The number of carboxylic acid groups (broad SMARTS) is 1. The van der Waals surface area contributed by atoms with Gasteiger partial charge in [-0.3, -0.25) is 4.79 Å². The summed E-state index contributed by atoms with van der Waals surface area (Å²) in [6, 6.07) is 0. The Bertz CT molecular complexity index is 408. The van der Waals surface area contributed by atoms with E-state index in [9.17, 15) is 27.9 Å². The molecule has 0 saturated heterocycles. The zero-order valence-corrected chi connectivity index (χ0v) is 11.7. The molecule has 2 aliphatic rings. The van der Waals surface area contributed by atoms with E-state index in [4.69, 9.17) is 0 Å². The van der Waals surface area contributed by atoms with Gasteiger partial charge >= 0.3 is 12.1 Å². The second kappa shape index (κ2) is 5.85. The van der Waals surface area contributed by atoms with Crippen molar-refractivity contribution in [2.45, 2.75) is 63.1 Å². The number of halogens is 3. The fourth-order valence-corrected chi connectivity index (χ4v) is 3.39. The van der Waals surface area contributed by atoms with Gasteiger partial charge < -0.3 is 10.4 Å². The van der Waals surface area contributed by atoms with Gasteiger partial charge in [-0.1, -0.05) is 12.8 Å². The molecule has 0 aliphatic heterocycles. The molecule has 2 saturated carbocycles. The molecule has 7 heteroatoms. The third-order valence-corrected chi connectivity index (χ3v) is 4.79. The van der Waals surface area contributed by atoms with Crippen molar-refractivity contribution in [1.29, 1.82) is 0 Å². The highest BCUT2D eigenvalue weighted by atomic mass is 19.4. The second-order valence-corrected chi connectivity index (χ2v) is 6.17. The van der Waals surface area contributed by atoms with Gasteiger partial charge in [0.25, 0.3) is 0 Å². The van der Waals surface area contributed by atoms with Crippen LogP contribution < -0.4 is 5.32 Å². The van der Waals surface area contributed by atoms with Gasteiger partial charge in [-0.25, -0.2) is 4.79 Å². The molecule has 120 valence electrons. The van der Waals surface area contributed by atoms with E-state index in [1.165, 1.54) is 0 Å². The first-order chi connectivity index (χ1) is 9.74. The number of rotatable bonds is 3. The maximum Gasteiger partial charge on any atom is 0.391 e. The quantitative estimate of drug-likeness (QED) is 0.842. The minimum Gasteiger partial charge on any atom is -0.480 e. The minimum atomic E-state index is -4.20. The van der Waals surface area contributed by atoms with Crippen LogP contribution in [0.15, 0.2) is 0 Å². The van der Waals surface area contributed by atoms with Crippen LogP contribution in [0.3, 0.4) is 0 Å². The van der Waals surface area contributed by atoms with Crippen LogP contribution in [0.4, 0.5) is 13.2 Å². The number of carbonyl (C=O) groups is 2. The molecule has 2 aliphatic carbocycles. The second-order valence-electron chi connectivity index (χ2n) is 6.17. The third kappa shape index (κ3) is 3.49. The molecule has 0 aromatic heterocycles. The minimum absolute atomic E-state index is 0.0539. The standard InChI is InChI=1S/C14H20F3NO3/c15-14(16,17)10-5-3-9(4-6-10)11(19)18-13(12(20)21)7-1-2-8-13/h9-10H,1-8H2,(H,18,19)(H,20,21). The molecule has 4 nitrogen and oxygen atoms in total. The lowest BCUT2D eigenvalue weighted by Gasteiger charge is -2.32. The van der Waals surface area contributed by atoms with Gasteiger partial charge in [0.2, 0.25) is 5.91 Å². The summed E-state index contributed by atoms with van der Waals surface area (Å²) in [6.45, 7) is 0. The topological polar surface area (TPSA) is 66.4 Å². The van der Waals surface area contributed by atoms with Crippen molar-refractivity contribution in [3.63, 3.8) is 0 Å². The molecule has 0 bridgehead atoms. The molecule has 0 unspecified atom stereocenters. The molecular formula is C14H20F3NO3. The molecule has 0 spiro atoms. The average Bonchev–Trinajstić information content (AvgIpc) is 2.88. The van der Waals surface area contributed by atoms with Crippen molar-refractivity contribution in [1.82, 2.24) is 5.32 Å². The predicted molar refractivity (Wildman–Crippen MR) is 68.5 cm³/mol. The predicted octanol–water partition coefficient (Wildman–Crippen LogP) is 2.87. The van der Waals surface area contributed by atoms with Crippen LogP contribution in [0.2, 0.25) is 0 Å². The average molecular weight is 307 g/mol. The molecule has 2 rings (SSSR count). The molecular weight excluding hydrogens is 287 g/mol. The number of amides is 1. The van der Waals surface area contributed by atoms with E-state index in [-0.39, 0.29) is 25.7 Å². The number of carbonyl (C=O) groups excluding carboxylic acids is 1. The lowest BCUT2D eigenvalue weighted by molar-refractivity contribution is -0.184. The Hall–Kier alpha value is -1.27. The summed E-state index contributed by atoms with van der Waals surface area (Å²) in [6.07, 6.45) is -1.69. The molecule has 0 aromatic rings. The van der Waals surface area contributed by atoms with Gasteiger partial charge in [0.1, 0.15) is 5.54 Å². The van der Waals surface area contributed by atoms with Crippen molar-refractivity contribution in [2.24, 2.45) is 11.8 Å². The monoisotopic (exact) mass is 307 g/mol. The summed E-state index contributed by atoms with van der Waals surface area (Å²) >= 11 is 0. The summed E-state index contributed by atoms with van der Waals surface area (Å²) in [7, 11) is 0. The van der Waals surface area contributed by atoms with Crippen LogP contribution in [-0.4, -0.2) is 28.7 Å². The molecule has 0 aromatic carbocycles. The van der Waals surface area contributed by atoms with Gasteiger partial charge in [0.05, 0.1) is 5.92 Å². The lowest BCUT2D eigenvalue weighted by atomic mass is 9.80. The van der Waals surface area contributed by atoms with Crippen LogP contribution in [0.1, 0.15) is 51.4 Å². The zero-order valence-electron chi connectivity index (χ0n) is 11.7. The van der Waals surface area contributed by atoms with Gasteiger partial charge in [0, 0.05) is 5.92 Å². The molecule has 0 radical (unpaired) electrons. The molecule has 0 heterocycles. The first-order valence-electron chi connectivity index (χ1n) is 7.37. The number of aliphatic carboxylic acids is 1. The van der Waals surface area contributed by atoms with Gasteiger partial charge in [0.15, 0.2) is 0 Å². The van der Waals surface area contributed by atoms with Crippen LogP contribution >= 0.6 is 0 Å². The Morgan fingerprint density at radius 3 is 2.00 bits per heavy atom. The van der Waals surface area contributed by atoms with Crippen molar-refractivity contribution in [3.05, 3.63) is 0 Å². The normalized spacial score (nSPS) is 29.1. The number of hydrogen-bond acceptors (Lipinski definition) is 2. The first kappa shape index (κ1) is 16.1. The zero-order chi connectivity index (χ0) is 15.7. The SMILES string of the molecule is O=C(NC1(C(=O)O)CCCC1)C1CCC(C(F)(F)F)CC1. The van der Waals surface area contributed by atoms with E-state index in [1.807, 2.05) is 0 Å². The van der Waals surface area contributed by atoms with Crippen LogP contribution in [0, 0.1) is 11.8 Å². The van der Waals surface area contributed by atoms with E-state index in [2.05, 4.69) is 5.32 Å².